The molecule has 0 aromatic carbocycles. The number of aromatic nitrogens is 1. The number of imide groups is 1. The second-order valence-corrected chi connectivity index (χ2v) is 4.31. The zero-order chi connectivity index (χ0) is 14.1. The first-order chi connectivity index (χ1) is 9.17. The van der Waals surface area contributed by atoms with Gasteiger partial charge in [-0.05, 0) is 25.1 Å². The number of hydrogen-bond donors (Lipinski definition) is 3. The number of aliphatic hydroxyl groups excluding tert-OH is 1. The van der Waals surface area contributed by atoms with E-state index in [9.17, 15) is 9.59 Å². The lowest BCUT2D eigenvalue weighted by atomic mass is 10.3. The molecule has 0 aliphatic heterocycles. The number of nitrogens with zero attached hydrogens (tertiary/aromatic N) is 1. The van der Waals surface area contributed by atoms with E-state index in [2.05, 4.69) is 17.2 Å². The fourth-order valence-corrected chi connectivity index (χ4v) is 1.70. The van der Waals surface area contributed by atoms with Crippen LogP contribution in [0.3, 0.4) is 0 Å². The first-order valence-corrected chi connectivity index (χ1v) is 6.48. The van der Waals surface area contributed by atoms with Gasteiger partial charge >= 0.3 is 0 Å². The Kier molecular flexibility index (Phi) is 6.84. The van der Waals surface area contributed by atoms with Gasteiger partial charge in [-0.1, -0.05) is 13.3 Å². The topological polar surface area (TPSA) is 85.4 Å². The molecule has 0 fully saturated rings. The highest BCUT2D eigenvalue weighted by molar-refractivity contribution is 6.04. The monoisotopic (exact) mass is 267 g/mol. The van der Waals surface area contributed by atoms with Gasteiger partial charge in [0.25, 0.3) is 5.91 Å². The van der Waals surface area contributed by atoms with E-state index >= 15 is 0 Å². The Morgan fingerprint density at radius 1 is 1.42 bits per heavy atom. The van der Waals surface area contributed by atoms with Gasteiger partial charge in [0.1, 0.15) is 5.69 Å². The van der Waals surface area contributed by atoms with Gasteiger partial charge in [0, 0.05) is 12.7 Å². The zero-order valence-corrected chi connectivity index (χ0v) is 11.2. The second-order valence-electron chi connectivity index (χ2n) is 4.31. The van der Waals surface area contributed by atoms with Gasteiger partial charge < -0.3 is 10.1 Å². The molecular formula is C13H21N3O3. The van der Waals surface area contributed by atoms with Crippen LogP contribution >= 0.6 is 0 Å². The van der Waals surface area contributed by atoms with Crippen LogP contribution in [0.1, 0.15) is 30.3 Å². The third-order valence-electron chi connectivity index (χ3n) is 2.71. The minimum absolute atomic E-state index is 0.00156. The number of nitrogens with one attached hydrogen (secondary N) is 2. The van der Waals surface area contributed by atoms with E-state index in [-0.39, 0.29) is 19.1 Å². The molecular weight excluding hydrogens is 246 g/mol. The van der Waals surface area contributed by atoms with Gasteiger partial charge in [0.05, 0.1) is 13.2 Å². The summed E-state index contributed by atoms with van der Waals surface area (Å²) in [6.07, 6.45) is 3.60. The Hall–Kier alpha value is -1.66. The average molecular weight is 267 g/mol. The van der Waals surface area contributed by atoms with E-state index in [4.69, 9.17) is 5.11 Å². The van der Waals surface area contributed by atoms with E-state index in [0.717, 1.165) is 19.4 Å². The first kappa shape index (κ1) is 15.4. The fraction of sp³-hybridized carbons (Fsp3) is 0.538. The second kappa shape index (κ2) is 8.44. The predicted octanol–water partition coefficient (Wildman–Crippen LogP) is 0.365. The molecule has 0 atom stereocenters. The van der Waals surface area contributed by atoms with Gasteiger partial charge in [0.15, 0.2) is 0 Å². The maximum absolute atomic E-state index is 11.7. The molecule has 0 radical (unpaired) electrons. The molecule has 1 rings (SSSR count). The number of hydrogen-bond acceptors (Lipinski definition) is 4. The lowest BCUT2D eigenvalue weighted by molar-refractivity contribution is -0.121. The lowest BCUT2D eigenvalue weighted by Gasteiger charge is -2.19. The molecule has 106 valence electrons. The Morgan fingerprint density at radius 2 is 2.21 bits per heavy atom. The van der Waals surface area contributed by atoms with Crippen LogP contribution in [-0.4, -0.2) is 53.0 Å². The molecule has 0 saturated carbocycles. The van der Waals surface area contributed by atoms with Crippen LogP contribution in [0.4, 0.5) is 0 Å². The van der Waals surface area contributed by atoms with Crippen molar-refractivity contribution >= 4 is 11.8 Å². The summed E-state index contributed by atoms with van der Waals surface area (Å²) in [4.78, 5) is 27.9. The molecule has 0 aliphatic rings. The molecule has 19 heavy (non-hydrogen) atoms. The molecule has 1 aromatic rings. The van der Waals surface area contributed by atoms with Crippen LogP contribution < -0.4 is 5.32 Å². The van der Waals surface area contributed by atoms with Crippen molar-refractivity contribution in [3.05, 3.63) is 24.0 Å². The normalized spacial score (nSPS) is 10.7. The predicted molar refractivity (Wildman–Crippen MR) is 71.7 cm³/mol. The maximum Gasteiger partial charge on any atom is 0.274 e. The first-order valence-electron chi connectivity index (χ1n) is 6.48. The summed E-state index contributed by atoms with van der Waals surface area (Å²) in [6.45, 7) is 3.35. The van der Waals surface area contributed by atoms with Crippen LogP contribution in [0.5, 0.6) is 0 Å². The van der Waals surface area contributed by atoms with Crippen molar-refractivity contribution in [2.24, 2.45) is 0 Å². The van der Waals surface area contributed by atoms with Crippen molar-refractivity contribution in [2.75, 3.05) is 26.2 Å². The summed E-state index contributed by atoms with van der Waals surface area (Å²) in [6, 6.07) is 3.30. The molecule has 2 amide bonds. The number of carbonyl (C=O) groups excluding carboxylic acids is 2. The Bertz CT molecular complexity index is 390. The quantitative estimate of drug-likeness (QED) is 0.635. The largest absolute Gasteiger partial charge is 0.395 e. The van der Waals surface area contributed by atoms with Crippen LogP contribution in [0.2, 0.25) is 0 Å². The van der Waals surface area contributed by atoms with Crippen molar-refractivity contribution in [2.45, 2.75) is 19.8 Å². The average Bonchev–Trinajstić information content (AvgIpc) is 2.90. The Labute approximate surface area is 112 Å². The minimum atomic E-state index is -0.436. The molecule has 3 N–H and O–H groups in total. The highest BCUT2D eigenvalue weighted by Gasteiger charge is 2.14. The number of rotatable bonds is 8. The van der Waals surface area contributed by atoms with Crippen molar-refractivity contribution in [1.29, 1.82) is 0 Å². The Balaban J connectivity index is 2.41. The summed E-state index contributed by atoms with van der Waals surface area (Å²) < 4.78 is 0. The minimum Gasteiger partial charge on any atom is -0.395 e. The summed E-state index contributed by atoms with van der Waals surface area (Å²) in [5, 5.41) is 11.3. The standard InChI is InChI=1S/C13H21N3O3/c1-2-3-7-16(8-9-17)10-12(18)15-13(19)11-5-4-6-14-11/h4-6,14,17H,2-3,7-10H2,1H3,(H,15,18,19). The third kappa shape index (κ3) is 5.67. The van der Waals surface area contributed by atoms with E-state index < -0.39 is 5.91 Å². The van der Waals surface area contributed by atoms with Crippen molar-refractivity contribution in [1.82, 2.24) is 15.2 Å². The third-order valence-corrected chi connectivity index (χ3v) is 2.71. The van der Waals surface area contributed by atoms with Gasteiger partial charge in [-0.2, -0.15) is 0 Å². The molecule has 1 aromatic heterocycles. The Morgan fingerprint density at radius 3 is 2.79 bits per heavy atom. The molecule has 0 aliphatic carbocycles. The summed E-state index contributed by atoms with van der Waals surface area (Å²) in [5.41, 5.74) is 0.357. The highest BCUT2D eigenvalue weighted by atomic mass is 16.3. The van der Waals surface area contributed by atoms with Crippen molar-refractivity contribution < 1.29 is 14.7 Å². The summed E-state index contributed by atoms with van der Waals surface area (Å²) in [7, 11) is 0. The van der Waals surface area contributed by atoms with Gasteiger partial charge in [-0.15, -0.1) is 0 Å². The number of H-pyrrole nitrogens is 1. The molecule has 0 spiro atoms. The number of carbonyl (C=O) groups is 2. The summed E-state index contributed by atoms with van der Waals surface area (Å²) in [5.74, 6) is -0.793. The van der Waals surface area contributed by atoms with Crippen LogP contribution in [0.25, 0.3) is 0 Å². The number of aliphatic hydroxyl groups is 1. The molecule has 1 heterocycles. The summed E-state index contributed by atoms with van der Waals surface area (Å²) >= 11 is 0. The lowest BCUT2D eigenvalue weighted by Crippen LogP contribution is -2.41. The van der Waals surface area contributed by atoms with Crippen LogP contribution in [0, 0.1) is 0 Å². The molecule has 6 nitrogen and oxygen atoms in total. The number of amides is 2. The number of aromatic amines is 1. The highest BCUT2D eigenvalue weighted by Crippen LogP contribution is 1.96. The molecule has 0 unspecified atom stereocenters. The smallest absolute Gasteiger partial charge is 0.274 e. The SMILES string of the molecule is CCCCN(CCO)CC(=O)NC(=O)c1ccc[nH]1. The van der Waals surface area contributed by atoms with Gasteiger partial charge in [-0.25, -0.2) is 0 Å². The van der Waals surface area contributed by atoms with Crippen molar-refractivity contribution in [3.63, 3.8) is 0 Å². The fourth-order valence-electron chi connectivity index (χ4n) is 1.70. The molecule has 0 saturated heterocycles. The van der Waals surface area contributed by atoms with Crippen molar-refractivity contribution in [3.8, 4) is 0 Å². The molecule has 6 heteroatoms. The van der Waals surface area contributed by atoms with Gasteiger partial charge in [0.2, 0.25) is 5.91 Å². The van der Waals surface area contributed by atoms with E-state index in [1.165, 1.54) is 0 Å². The van der Waals surface area contributed by atoms with E-state index in [0.29, 0.717) is 12.2 Å². The van der Waals surface area contributed by atoms with E-state index in [1.54, 1.807) is 18.3 Å². The zero-order valence-electron chi connectivity index (χ0n) is 11.2. The van der Waals surface area contributed by atoms with Crippen LogP contribution in [0.15, 0.2) is 18.3 Å². The van der Waals surface area contributed by atoms with Crippen LogP contribution in [-0.2, 0) is 4.79 Å². The van der Waals surface area contributed by atoms with Gasteiger partial charge in [-0.3, -0.25) is 19.8 Å². The maximum atomic E-state index is 11.7. The molecule has 0 bridgehead atoms. The van der Waals surface area contributed by atoms with E-state index in [1.807, 2.05) is 4.90 Å². The number of unbranched alkanes of at least 4 members (excludes halogenated alkanes) is 1.